The number of aromatic nitrogens is 2. The quantitative estimate of drug-likeness (QED) is 0.944. The van der Waals surface area contributed by atoms with Crippen molar-refractivity contribution < 1.29 is 0 Å². The molecule has 0 radical (unpaired) electrons. The Bertz CT molecular complexity index is 764. The van der Waals surface area contributed by atoms with Crippen molar-refractivity contribution in [2.75, 3.05) is 6.54 Å². The third-order valence-corrected chi connectivity index (χ3v) is 4.58. The van der Waals surface area contributed by atoms with Crippen molar-refractivity contribution in [1.82, 2.24) is 14.9 Å². The summed E-state index contributed by atoms with van der Waals surface area (Å²) in [7, 11) is 0. The average Bonchev–Trinajstić information content (AvgIpc) is 2.52. The second-order valence-electron chi connectivity index (χ2n) is 6.58. The topological polar surface area (TPSA) is 49.0 Å². The van der Waals surface area contributed by atoms with Gasteiger partial charge in [-0.2, -0.15) is 0 Å². The number of benzene rings is 1. The molecule has 0 fully saturated rings. The Morgan fingerprint density at radius 3 is 2.91 bits per heavy atom. The second-order valence-corrected chi connectivity index (χ2v) is 6.58. The van der Waals surface area contributed by atoms with Gasteiger partial charge in [-0.05, 0) is 31.4 Å². The monoisotopic (exact) mass is 311 g/mol. The van der Waals surface area contributed by atoms with Crippen LogP contribution in [0.15, 0.2) is 23.0 Å². The van der Waals surface area contributed by atoms with Crippen LogP contribution >= 0.6 is 0 Å². The van der Waals surface area contributed by atoms with E-state index in [4.69, 9.17) is 0 Å². The van der Waals surface area contributed by atoms with Gasteiger partial charge in [0, 0.05) is 32.5 Å². The largest absolute Gasteiger partial charge is 0.310 e. The van der Waals surface area contributed by atoms with E-state index in [0.717, 1.165) is 49.4 Å². The first-order chi connectivity index (χ1) is 11.1. The van der Waals surface area contributed by atoms with Gasteiger partial charge in [0.15, 0.2) is 0 Å². The summed E-state index contributed by atoms with van der Waals surface area (Å²) in [6, 6.07) is 6.57. The highest BCUT2D eigenvalue weighted by Crippen LogP contribution is 2.19. The van der Waals surface area contributed by atoms with Gasteiger partial charge in [-0.3, -0.25) is 9.69 Å². The molecule has 1 aliphatic rings. The summed E-state index contributed by atoms with van der Waals surface area (Å²) in [5.41, 5.74) is 5.83. The summed E-state index contributed by atoms with van der Waals surface area (Å²) in [5, 5.41) is 0. The van der Waals surface area contributed by atoms with Gasteiger partial charge in [0.05, 0.1) is 11.3 Å². The molecule has 3 rings (SSSR count). The molecule has 4 heteroatoms. The smallest absolute Gasteiger partial charge is 0.255 e. The zero-order valence-electron chi connectivity index (χ0n) is 14.3. The number of hydrogen-bond donors (Lipinski definition) is 1. The molecule has 0 atom stereocenters. The predicted octanol–water partition coefficient (Wildman–Crippen LogP) is 2.90. The number of aryl methyl sites for hydroxylation is 3. The lowest BCUT2D eigenvalue weighted by molar-refractivity contribution is 0.241. The molecule has 2 aromatic rings. The SMILES string of the molecule is CCCc1nc2c(c(=O)[nH]1)CN(Cc1cc(C)ccc1C)CC2. The van der Waals surface area contributed by atoms with Crippen LogP contribution in [-0.2, 0) is 25.9 Å². The number of aromatic amines is 1. The van der Waals surface area contributed by atoms with Gasteiger partial charge in [-0.25, -0.2) is 4.98 Å². The second kappa shape index (κ2) is 6.67. The Kier molecular flexibility index (Phi) is 4.62. The fourth-order valence-corrected chi connectivity index (χ4v) is 3.23. The predicted molar refractivity (Wildman–Crippen MR) is 92.6 cm³/mol. The minimum Gasteiger partial charge on any atom is -0.310 e. The van der Waals surface area contributed by atoms with E-state index in [1.165, 1.54) is 16.7 Å². The van der Waals surface area contributed by atoms with Crippen LogP contribution in [0.25, 0.3) is 0 Å². The standard InChI is InChI=1S/C19H25N3O/c1-4-5-18-20-17-8-9-22(12-16(17)19(23)21-18)11-15-10-13(2)6-7-14(15)3/h6-7,10H,4-5,8-9,11-12H2,1-3H3,(H,20,21,23). The van der Waals surface area contributed by atoms with E-state index >= 15 is 0 Å². The Morgan fingerprint density at radius 1 is 1.30 bits per heavy atom. The summed E-state index contributed by atoms with van der Waals surface area (Å²) in [6.07, 6.45) is 2.70. The molecule has 1 aromatic carbocycles. The fraction of sp³-hybridized carbons (Fsp3) is 0.474. The van der Waals surface area contributed by atoms with Crippen molar-refractivity contribution in [2.24, 2.45) is 0 Å². The molecule has 0 amide bonds. The van der Waals surface area contributed by atoms with E-state index in [1.807, 2.05) is 0 Å². The average molecular weight is 311 g/mol. The van der Waals surface area contributed by atoms with Gasteiger partial charge in [-0.1, -0.05) is 30.7 Å². The molecule has 0 bridgehead atoms. The summed E-state index contributed by atoms with van der Waals surface area (Å²) in [6.45, 7) is 8.92. The third-order valence-electron chi connectivity index (χ3n) is 4.58. The molecule has 0 unspecified atom stereocenters. The Balaban J connectivity index is 1.80. The van der Waals surface area contributed by atoms with Crippen molar-refractivity contribution in [2.45, 2.75) is 53.1 Å². The van der Waals surface area contributed by atoms with E-state index in [1.54, 1.807) is 0 Å². The lowest BCUT2D eigenvalue weighted by Crippen LogP contribution is -2.36. The summed E-state index contributed by atoms with van der Waals surface area (Å²) >= 11 is 0. The molecule has 1 N–H and O–H groups in total. The molecule has 0 saturated carbocycles. The van der Waals surface area contributed by atoms with E-state index in [-0.39, 0.29) is 5.56 Å². The lowest BCUT2D eigenvalue weighted by atomic mass is 10.0. The molecule has 23 heavy (non-hydrogen) atoms. The molecule has 2 heterocycles. The highest BCUT2D eigenvalue weighted by Gasteiger charge is 2.21. The van der Waals surface area contributed by atoms with Crippen LogP contribution in [0, 0.1) is 13.8 Å². The van der Waals surface area contributed by atoms with E-state index in [0.29, 0.717) is 6.54 Å². The van der Waals surface area contributed by atoms with Crippen LogP contribution < -0.4 is 5.56 Å². The highest BCUT2D eigenvalue weighted by atomic mass is 16.1. The maximum atomic E-state index is 12.4. The van der Waals surface area contributed by atoms with Gasteiger partial charge in [0.2, 0.25) is 0 Å². The van der Waals surface area contributed by atoms with Crippen molar-refractivity contribution in [1.29, 1.82) is 0 Å². The summed E-state index contributed by atoms with van der Waals surface area (Å²) in [4.78, 5) is 22.3. The molecule has 0 spiro atoms. The van der Waals surface area contributed by atoms with Gasteiger partial charge >= 0.3 is 0 Å². The number of H-pyrrole nitrogens is 1. The Labute approximate surface area is 137 Å². The van der Waals surface area contributed by atoms with Crippen molar-refractivity contribution >= 4 is 0 Å². The van der Waals surface area contributed by atoms with Crippen molar-refractivity contribution in [3.05, 3.63) is 62.3 Å². The first-order valence-electron chi connectivity index (χ1n) is 8.46. The molecule has 0 aliphatic carbocycles. The number of nitrogens with one attached hydrogen (secondary N) is 1. The van der Waals surface area contributed by atoms with Gasteiger partial charge in [0.1, 0.15) is 5.82 Å². The third kappa shape index (κ3) is 3.53. The number of fused-ring (bicyclic) bond motifs is 1. The van der Waals surface area contributed by atoms with Gasteiger partial charge < -0.3 is 4.98 Å². The minimum absolute atomic E-state index is 0.0455. The van der Waals surface area contributed by atoms with Crippen LogP contribution in [0.4, 0.5) is 0 Å². The van der Waals surface area contributed by atoms with Crippen LogP contribution in [0.5, 0.6) is 0 Å². The van der Waals surface area contributed by atoms with E-state index in [9.17, 15) is 4.79 Å². The normalized spacial score (nSPS) is 14.7. The fourth-order valence-electron chi connectivity index (χ4n) is 3.23. The number of nitrogens with zero attached hydrogens (tertiary/aromatic N) is 2. The molecule has 1 aliphatic heterocycles. The maximum Gasteiger partial charge on any atom is 0.255 e. The number of hydrogen-bond acceptors (Lipinski definition) is 3. The Hall–Kier alpha value is -1.94. The van der Waals surface area contributed by atoms with Gasteiger partial charge in [-0.15, -0.1) is 0 Å². The summed E-state index contributed by atoms with van der Waals surface area (Å²) < 4.78 is 0. The Morgan fingerprint density at radius 2 is 2.13 bits per heavy atom. The zero-order valence-corrected chi connectivity index (χ0v) is 14.3. The highest BCUT2D eigenvalue weighted by molar-refractivity contribution is 5.31. The molecular weight excluding hydrogens is 286 g/mol. The van der Waals surface area contributed by atoms with Crippen molar-refractivity contribution in [3.63, 3.8) is 0 Å². The van der Waals surface area contributed by atoms with Crippen molar-refractivity contribution in [3.8, 4) is 0 Å². The molecule has 122 valence electrons. The molecule has 4 nitrogen and oxygen atoms in total. The van der Waals surface area contributed by atoms with E-state index < -0.39 is 0 Å². The van der Waals surface area contributed by atoms with E-state index in [2.05, 4.69) is 53.8 Å². The van der Waals surface area contributed by atoms with Gasteiger partial charge in [0.25, 0.3) is 5.56 Å². The lowest BCUT2D eigenvalue weighted by Gasteiger charge is -2.28. The van der Waals surface area contributed by atoms with Crippen LogP contribution in [0.1, 0.15) is 47.1 Å². The summed E-state index contributed by atoms with van der Waals surface area (Å²) in [5.74, 6) is 0.833. The molecular formula is C19H25N3O. The van der Waals surface area contributed by atoms with Crippen LogP contribution in [0.2, 0.25) is 0 Å². The molecule has 1 aromatic heterocycles. The molecule has 0 saturated heterocycles. The zero-order chi connectivity index (χ0) is 16.4. The minimum atomic E-state index is 0.0455. The first kappa shape index (κ1) is 15.9. The number of rotatable bonds is 4. The maximum absolute atomic E-state index is 12.4. The van der Waals surface area contributed by atoms with Crippen LogP contribution in [-0.4, -0.2) is 21.4 Å². The van der Waals surface area contributed by atoms with Crippen LogP contribution in [0.3, 0.4) is 0 Å². The first-order valence-corrected chi connectivity index (χ1v) is 8.46.